The minimum absolute atomic E-state index is 0.0547. The second-order valence-electron chi connectivity index (χ2n) is 4.86. The second kappa shape index (κ2) is 2.83. The minimum atomic E-state index is -0.116. The molecule has 80 valence electrons. The zero-order valence-electron chi connectivity index (χ0n) is 8.39. The van der Waals surface area contributed by atoms with Crippen molar-refractivity contribution in [2.45, 2.75) is 36.6 Å². The summed E-state index contributed by atoms with van der Waals surface area (Å²) in [6.45, 7) is 0. The number of nitrogens with two attached hydrogens (primary N) is 1. The molecule has 0 aromatic heterocycles. The fourth-order valence-corrected chi connectivity index (χ4v) is 3.00. The molecule has 1 aromatic carbocycles. The van der Waals surface area contributed by atoms with Crippen molar-refractivity contribution >= 4 is 15.9 Å². The quantitative estimate of drug-likeness (QED) is 0.878. The summed E-state index contributed by atoms with van der Waals surface area (Å²) in [5.41, 5.74) is 6.90. The summed E-state index contributed by atoms with van der Waals surface area (Å²) in [5.74, 6) is -0.104. The second-order valence-corrected chi connectivity index (χ2v) is 5.78. The Labute approximate surface area is 97.0 Å². The molecule has 0 saturated heterocycles. The summed E-state index contributed by atoms with van der Waals surface area (Å²) < 4.78 is 14.7. The molecule has 1 nitrogen and oxygen atoms in total. The Kier molecular flexibility index (Phi) is 1.85. The van der Waals surface area contributed by atoms with Gasteiger partial charge in [-0.3, -0.25) is 0 Å². The summed E-state index contributed by atoms with van der Waals surface area (Å²) in [4.78, 5) is 0. The zero-order chi connectivity index (χ0) is 10.7. The molecule has 0 radical (unpaired) electrons. The van der Waals surface area contributed by atoms with Crippen LogP contribution in [0.3, 0.4) is 0 Å². The molecule has 2 saturated carbocycles. The summed E-state index contributed by atoms with van der Waals surface area (Å²) >= 11 is 3.40. The average molecular weight is 270 g/mol. The first-order valence-corrected chi connectivity index (χ1v) is 6.11. The molecule has 1 aromatic rings. The van der Waals surface area contributed by atoms with Crippen molar-refractivity contribution in [2.75, 3.05) is 0 Å². The monoisotopic (exact) mass is 269 g/mol. The van der Waals surface area contributed by atoms with Crippen LogP contribution in [0, 0.1) is 5.82 Å². The highest BCUT2D eigenvalue weighted by atomic mass is 79.9. The van der Waals surface area contributed by atoms with E-state index in [2.05, 4.69) is 15.9 Å². The molecule has 0 atom stereocenters. The molecular weight excluding hydrogens is 257 g/mol. The molecule has 0 heterocycles. The summed E-state index contributed by atoms with van der Waals surface area (Å²) in [7, 11) is 0. The molecule has 2 aliphatic carbocycles. The van der Waals surface area contributed by atoms with Crippen LogP contribution >= 0.6 is 15.9 Å². The van der Waals surface area contributed by atoms with Gasteiger partial charge in [-0.1, -0.05) is 15.9 Å². The Morgan fingerprint density at radius 3 is 2.40 bits per heavy atom. The van der Waals surface area contributed by atoms with Gasteiger partial charge in [-0.25, -0.2) is 4.39 Å². The lowest BCUT2D eigenvalue weighted by molar-refractivity contribution is 0.473. The Morgan fingerprint density at radius 2 is 1.87 bits per heavy atom. The maximum Gasteiger partial charge on any atom is 0.127 e. The van der Waals surface area contributed by atoms with Gasteiger partial charge in [0.15, 0.2) is 0 Å². The van der Waals surface area contributed by atoms with Crippen molar-refractivity contribution < 1.29 is 4.39 Å². The van der Waals surface area contributed by atoms with Gasteiger partial charge in [0.05, 0.1) is 0 Å². The van der Waals surface area contributed by atoms with Gasteiger partial charge in [0, 0.05) is 15.4 Å². The highest BCUT2D eigenvalue weighted by Crippen LogP contribution is 2.64. The van der Waals surface area contributed by atoms with Crippen molar-refractivity contribution in [3.63, 3.8) is 0 Å². The predicted molar refractivity (Wildman–Crippen MR) is 61.2 cm³/mol. The van der Waals surface area contributed by atoms with Crippen LogP contribution < -0.4 is 5.73 Å². The van der Waals surface area contributed by atoms with Gasteiger partial charge in [-0.05, 0) is 49.4 Å². The maximum absolute atomic E-state index is 13.8. The van der Waals surface area contributed by atoms with Crippen LogP contribution in [-0.4, -0.2) is 5.54 Å². The molecule has 3 heteroatoms. The Bertz CT molecular complexity index is 422. The highest BCUT2D eigenvalue weighted by molar-refractivity contribution is 9.10. The van der Waals surface area contributed by atoms with Crippen LogP contribution in [0.15, 0.2) is 22.7 Å². The van der Waals surface area contributed by atoms with E-state index in [0.717, 1.165) is 35.7 Å². The Balaban J connectivity index is 2.09. The summed E-state index contributed by atoms with van der Waals surface area (Å²) in [6.07, 6.45) is 4.16. The van der Waals surface area contributed by atoms with Gasteiger partial charge in [0.1, 0.15) is 5.82 Å². The van der Waals surface area contributed by atoms with Gasteiger partial charge in [-0.15, -0.1) is 0 Å². The first-order chi connectivity index (χ1) is 7.07. The molecule has 2 fully saturated rings. The van der Waals surface area contributed by atoms with Crippen molar-refractivity contribution in [3.8, 4) is 0 Å². The highest BCUT2D eigenvalue weighted by Gasteiger charge is 2.64. The van der Waals surface area contributed by atoms with Crippen LogP contribution in [0.1, 0.15) is 31.2 Å². The average Bonchev–Trinajstić information content (AvgIpc) is 3.05. The summed E-state index contributed by atoms with van der Waals surface area (Å²) in [6, 6.07) is 5.17. The third kappa shape index (κ3) is 1.29. The van der Waals surface area contributed by atoms with Gasteiger partial charge >= 0.3 is 0 Å². The number of hydrogen-bond donors (Lipinski definition) is 1. The van der Waals surface area contributed by atoms with E-state index in [4.69, 9.17) is 5.73 Å². The largest absolute Gasteiger partial charge is 0.324 e. The van der Waals surface area contributed by atoms with Crippen LogP contribution in [0.5, 0.6) is 0 Å². The molecule has 15 heavy (non-hydrogen) atoms. The van der Waals surface area contributed by atoms with E-state index in [1.165, 1.54) is 6.07 Å². The number of hydrogen-bond acceptors (Lipinski definition) is 1. The first-order valence-electron chi connectivity index (χ1n) is 5.32. The van der Waals surface area contributed by atoms with E-state index in [-0.39, 0.29) is 16.8 Å². The maximum atomic E-state index is 13.8. The molecular formula is C12H13BrFN. The van der Waals surface area contributed by atoms with E-state index < -0.39 is 0 Å². The molecule has 0 unspecified atom stereocenters. The lowest BCUT2D eigenvalue weighted by Crippen LogP contribution is -2.37. The van der Waals surface area contributed by atoms with Crippen molar-refractivity contribution in [1.29, 1.82) is 0 Å². The zero-order valence-corrected chi connectivity index (χ0v) is 9.98. The third-order valence-electron chi connectivity index (χ3n) is 3.94. The standard InChI is InChI=1S/C12H13BrFN/c13-8-1-2-10(14)9(7-8)11(3-4-11)12(15)5-6-12/h1-2,7H,3-6,15H2. The van der Waals surface area contributed by atoms with Crippen molar-refractivity contribution in [3.05, 3.63) is 34.1 Å². The minimum Gasteiger partial charge on any atom is -0.324 e. The van der Waals surface area contributed by atoms with Crippen LogP contribution in [0.2, 0.25) is 0 Å². The smallest absolute Gasteiger partial charge is 0.127 e. The molecule has 2 N–H and O–H groups in total. The van der Waals surface area contributed by atoms with Crippen LogP contribution in [0.4, 0.5) is 4.39 Å². The summed E-state index contributed by atoms with van der Waals surface area (Å²) in [5, 5.41) is 0. The molecule has 0 aliphatic heterocycles. The van der Waals surface area contributed by atoms with Crippen molar-refractivity contribution in [1.82, 2.24) is 0 Å². The molecule has 2 aliphatic rings. The first kappa shape index (κ1) is 9.79. The Morgan fingerprint density at radius 1 is 1.20 bits per heavy atom. The van der Waals surface area contributed by atoms with E-state index in [9.17, 15) is 4.39 Å². The molecule has 0 amide bonds. The normalized spacial score (nSPS) is 25.0. The van der Waals surface area contributed by atoms with Crippen molar-refractivity contribution in [2.24, 2.45) is 5.73 Å². The fourth-order valence-electron chi connectivity index (χ4n) is 2.64. The fraction of sp³-hybridized carbons (Fsp3) is 0.500. The number of rotatable bonds is 2. The van der Waals surface area contributed by atoms with E-state index in [1.807, 2.05) is 6.07 Å². The lowest BCUT2D eigenvalue weighted by atomic mass is 9.86. The number of benzene rings is 1. The lowest BCUT2D eigenvalue weighted by Gasteiger charge is -2.24. The van der Waals surface area contributed by atoms with E-state index in [1.54, 1.807) is 6.07 Å². The van der Waals surface area contributed by atoms with Gasteiger partial charge < -0.3 is 5.73 Å². The molecule has 3 rings (SSSR count). The molecule has 0 bridgehead atoms. The molecule has 0 spiro atoms. The third-order valence-corrected chi connectivity index (χ3v) is 4.43. The van der Waals surface area contributed by atoms with Crippen LogP contribution in [-0.2, 0) is 5.41 Å². The van der Waals surface area contributed by atoms with Crippen LogP contribution in [0.25, 0.3) is 0 Å². The van der Waals surface area contributed by atoms with E-state index >= 15 is 0 Å². The predicted octanol–water partition coefficient (Wildman–Crippen LogP) is 3.11. The van der Waals surface area contributed by atoms with E-state index in [0.29, 0.717) is 0 Å². The topological polar surface area (TPSA) is 26.0 Å². The van der Waals surface area contributed by atoms with Gasteiger partial charge in [0.25, 0.3) is 0 Å². The van der Waals surface area contributed by atoms with Gasteiger partial charge in [0.2, 0.25) is 0 Å². The SMILES string of the molecule is NC1(C2(c3cc(Br)ccc3F)CC2)CC1. The number of halogens is 2. The Hall–Kier alpha value is -0.410. The van der Waals surface area contributed by atoms with Gasteiger partial charge in [-0.2, -0.15) is 0 Å².